The van der Waals surface area contributed by atoms with Gasteiger partial charge in [0.05, 0.1) is 52.6 Å². The quantitative estimate of drug-likeness (QED) is 0.0510. The molecule has 4 atom stereocenters. The number of carboxylic acids is 1. The number of benzene rings is 3. The number of nitro groups is 1. The van der Waals surface area contributed by atoms with E-state index in [1.165, 1.54) is 40.4 Å². The first-order valence-electron chi connectivity index (χ1n) is 19.5. The van der Waals surface area contributed by atoms with Gasteiger partial charge in [0, 0.05) is 29.9 Å². The molecule has 0 radical (unpaired) electrons. The van der Waals surface area contributed by atoms with Gasteiger partial charge in [0.2, 0.25) is 5.91 Å². The lowest BCUT2D eigenvalue weighted by molar-refractivity contribution is -1.08. The van der Waals surface area contributed by atoms with E-state index < -0.39 is 72.4 Å². The van der Waals surface area contributed by atoms with Crippen molar-refractivity contribution in [1.29, 1.82) is 0 Å². The van der Waals surface area contributed by atoms with E-state index in [0.717, 1.165) is 61.2 Å². The maximum absolute atomic E-state index is 14.3. The molecule has 0 spiro atoms. The number of alkyl halides is 3. The zero-order chi connectivity index (χ0) is 45.3. The summed E-state index contributed by atoms with van der Waals surface area (Å²) in [6.07, 6.45) is -0.276. The number of fused-ring (bicyclic) bond motifs is 4. The van der Waals surface area contributed by atoms with Gasteiger partial charge in [-0.3, -0.25) is 19.2 Å². The highest BCUT2D eigenvalue weighted by atomic mass is 32.2. The van der Waals surface area contributed by atoms with E-state index in [9.17, 15) is 56.3 Å². The van der Waals surface area contributed by atoms with Crippen LogP contribution in [0.3, 0.4) is 0 Å². The van der Waals surface area contributed by atoms with Gasteiger partial charge in [0.15, 0.2) is 10.1 Å². The van der Waals surface area contributed by atoms with Crippen molar-refractivity contribution in [2.24, 2.45) is 11.8 Å². The van der Waals surface area contributed by atoms with Crippen LogP contribution in [0.5, 0.6) is 0 Å². The topological polar surface area (TPSA) is 245 Å². The fraction of sp³-hybridized carbons (Fsp3) is 0.462. The number of halogens is 3. The molecule has 2 unspecified atom stereocenters. The Hall–Kier alpha value is -5.20. The zero-order valence-corrected chi connectivity index (χ0v) is 34.9. The Labute approximate surface area is 353 Å². The van der Waals surface area contributed by atoms with Crippen molar-refractivity contribution in [3.63, 3.8) is 0 Å². The third-order valence-corrected chi connectivity index (χ3v) is 15.4. The maximum Gasteiger partial charge on any atom is 0.485 e. The van der Waals surface area contributed by atoms with Crippen molar-refractivity contribution in [2.75, 3.05) is 63.2 Å². The van der Waals surface area contributed by atoms with E-state index in [2.05, 4.69) is 0 Å². The summed E-state index contributed by atoms with van der Waals surface area (Å²) >= 11 is 0. The summed E-state index contributed by atoms with van der Waals surface area (Å²) in [7, 11) is -10.2. The highest BCUT2D eigenvalue weighted by Crippen LogP contribution is 2.50. The monoisotopic (exact) mass is 909 g/mol. The number of hydrogen-bond acceptors (Lipinski definition) is 13. The van der Waals surface area contributed by atoms with Crippen LogP contribution in [-0.2, 0) is 52.3 Å². The van der Waals surface area contributed by atoms with Crippen molar-refractivity contribution in [3.05, 3.63) is 87.1 Å². The van der Waals surface area contributed by atoms with Gasteiger partial charge in [0.1, 0.15) is 58.1 Å². The van der Waals surface area contributed by atoms with Crippen LogP contribution in [0, 0.1) is 22.0 Å². The van der Waals surface area contributed by atoms with Gasteiger partial charge in [-0.15, -0.1) is 0 Å². The van der Waals surface area contributed by atoms with E-state index in [0.29, 0.717) is 33.1 Å². The highest BCUT2D eigenvalue weighted by molar-refractivity contribution is 7.93. The average molecular weight is 910 g/mol. The van der Waals surface area contributed by atoms with Crippen molar-refractivity contribution in [2.45, 2.75) is 49.4 Å². The number of quaternary nitrogens is 2. The number of piperazine rings is 3. The number of esters is 1. The number of carbonyl (C=O) groups is 3. The number of aliphatic carboxylic acids is 1. The molecule has 62 heavy (non-hydrogen) atoms. The molecular weight excluding hydrogens is 868 g/mol. The second kappa shape index (κ2) is 15.9. The summed E-state index contributed by atoms with van der Waals surface area (Å²) in [5.74, 6) is -3.54. The minimum atomic E-state index is -6.09. The smallest absolute Gasteiger partial charge is 0.485 e. The molecule has 3 aromatic carbocycles. The normalized spacial score (nSPS) is 26.4. The molecular formula is C39H42F3N5O13S2. The van der Waals surface area contributed by atoms with Crippen LogP contribution in [0.15, 0.2) is 70.8 Å². The molecule has 0 saturated carbocycles. The number of nitro benzene ring substituents is 1. The average Bonchev–Trinajstić information content (AvgIpc) is 3.57. The van der Waals surface area contributed by atoms with Crippen molar-refractivity contribution in [3.8, 4) is 0 Å². The molecule has 6 aliphatic rings. The minimum Gasteiger partial charge on any atom is -0.741 e. The van der Waals surface area contributed by atoms with Gasteiger partial charge in [-0.25, -0.2) is 21.6 Å². The molecule has 3 aromatic rings. The van der Waals surface area contributed by atoms with E-state index >= 15 is 0 Å². The highest BCUT2D eigenvalue weighted by Gasteiger charge is 2.60. The van der Waals surface area contributed by atoms with Crippen LogP contribution in [-0.4, -0.2) is 140 Å². The van der Waals surface area contributed by atoms with Gasteiger partial charge in [-0.05, 0) is 53.3 Å². The molecule has 0 aliphatic carbocycles. The number of aliphatic hydroxyl groups is 1. The van der Waals surface area contributed by atoms with E-state index in [-0.39, 0.29) is 36.0 Å². The molecule has 334 valence electrons. The lowest BCUT2D eigenvalue weighted by Gasteiger charge is -2.55. The predicted octanol–water partition coefficient (Wildman–Crippen LogP) is 1.12. The Morgan fingerprint density at radius 3 is 2.16 bits per heavy atom. The second-order valence-electron chi connectivity index (χ2n) is 16.5. The molecule has 4 fully saturated rings. The fourth-order valence-electron chi connectivity index (χ4n) is 9.55. The number of sulfonamides is 1. The zero-order valence-electron chi connectivity index (χ0n) is 33.3. The molecule has 18 nitrogen and oxygen atoms in total. The lowest BCUT2D eigenvalue weighted by atomic mass is 9.78. The summed E-state index contributed by atoms with van der Waals surface area (Å²) in [6.45, 7) is 8.85. The Morgan fingerprint density at radius 2 is 1.61 bits per heavy atom. The number of β-lactam (4-membered cyclic amide) rings is 1. The van der Waals surface area contributed by atoms with E-state index in [4.69, 9.17) is 17.7 Å². The van der Waals surface area contributed by atoms with Gasteiger partial charge in [-0.2, -0.15) is 13.2 Å². The Kier molecular flexibility index (Phi) is 11.5. The molecule has 23 heteroatoms. The Bertz CT molecular complexity index is 2600. The first kappa shape index (κ1) is 44.8. The van der Waals surface area contributed by atoms with Gasteiger partial charge in [-0.1, -0.05) is 25.1 Å². The standard InChI is InChI=1S/C38H42N5O10S.CHF3O3S/c1-23-29(36(40-35(23)33(24(2)44)37(40)47)38(48)53-22-25-6-9-27(10-7-25)41(49)50)20-39-30-5-3-4-28-26(8-11-31(34(28)30)54(39,51)52)12-13-42-14-17-43(18-15-42,19-16-42)21-32(45)46;2-1(3,4)8(5,6)7/h3-11,23-24,33,35,44H,12-22H2,1-2H3;(H,5,6,7)/q+1;/p-1/t23-,24+,33?,35?,42?,43?;/m0./s1. The summed E-state index contributed by atoms with van der Waals surface area (Å²) < 4.78 is 96.0. The molecule has 4 saturated heterocycles. The Balaban J connectivity index is 0.000000659. The predicted molar refractivity (Wildman–Crippen MR) is 207 cm³/mol. The summed E-state index contributed by atoms with van der Waals surface area (Å²) in [5, 5.41) is 34.4. The van der Waals surface area contributed by atoms with Crippen LogP contribution in [0.2, 0.25) is 0 Å². The SMILES string of the molecule is C[C@@H](O)C1C(=O)N2C(C(=O)OCc3ccc([N+](=O)[O-])cc3)=C(CN3c4cccc5c(CC[N+]67CC[N+](CC(=O)[O-])(CC6)CC7)ccc(c45)S3(=O)=O)[C@H](C)C12.O=S(=O)([O-])C(F)(F)F. The molecule has 2 bridgehead atoms. The molecule has 6 aliphatic heterocycles. The maximum atomic E-state index is 14.3. The molecule has 6 heterocycles. The van der Waals surface area contributed by atoms with Crippen LogP contribution < -0.4 is 9.41 Å². The number of anilines is 1. The van der Waals surface area contributed by atoms with Gasteiger partial charge < -0.3 is 38.2 Å². The van der Waals surface area contributed by atoms with Crippen LogP contribution in [0.4, 0.5) is 24.5 Å². The summed E-state index contributed by atoms with van der Waals surface area (Å²) in [4.78, 5) is 50.6. The number of nitrogens with zero attached hydrogens (tertiary/aromatic N) is 5. The number of hydrogen-bond donors (Lipinski definition) is 1. The van der Waals surface area contributed by atoms with E-state index in [1.807, 2.05) is 25.1 Å². The fourth-order valence-corrected chi connectivity index (χ4v) is 11.2. The molecule has 0 aromatic heterocycles. The number of ether oxygens (including phenoxy) is 1. The number of aliphatic hydroxyl groups excluding tert-OH is 1. The lowest BCUT2D eigenvalue weighted by Crippen LogP contribution is -2.76. The van der Waals surface area contributed by atoms with Crippen LogP contribution in [0.1, 0.15) is 25.0 Å². The Morgan fingerprint density at radius 1 is 1.02 bits per heavy atom. The van der Waals surface area contributed by atoms with Crippen LogP contribution >= 0.6 is 0 Å². The van der Waals surface area contributed by atoms with Crippen molar-refractivity contribution < 1.29 is 77.8 Å². The molecule has 1 amide bonds. The van der Waals surface area contributed by atoms with Crippen molar-refractivity contribution in [1.82, 2.24) is 4.90 Å². The number of amides is 1. The van der Waals surface area contributed by atoms with Crippen LogP contribution in [0.25, 0.3) is 10.8 Å². The first-order valence-corrected chi connectivity index (χ1v) is 22.4. The third-order valence-electron chi connectivity index (χ3n) is 13.0. The number of non-ortho nitro benzene ring substituents is 1. The largest absolute Gasteiger partial charge is 0.741 e. The summed E-state index contributed by atoms with van der Waals surface area (Å²) in [6, 6.07) is 14.0. The third kappa shape index (κ3) is 7.89. The summed E-state index contributed by atoms with van der Waals surface area (Å²) in [5.41, 5.74) is -3.43. The second-order valence-corrected chi connectivity index (χ2v) is 19.7. The number of rotatable bonds is 12. The first-order chi connectivity index (χ1) is 28.9. The number of carboxylic acid groups (broad SMARTS) is 1. The molecule has 9 rings (SSSR count). The van der Waals surface area contributed by atoms with Gasteiger partial charge >= 0.3 is 11.5 Å². The van der Waals surface area contributed by atoms with E-state index in [1.54, 1.807) is 12.1 Å². The van der Waals surface area contributed by atoms with Gasteiger partial charge in [0.25, 0.3) is 15.7 Å². The van der Waals surface area contributed by atoms with Crippen molar-refractivity contribution >= 4 is 60.1 Å². The molecule has 1 N–H and O–H groups in total. The minimum absolute atomic E-state index is 0.0467. The number of carbonyl (C=O) groups excluding carboxylic acids is 3.